The van der Waals surface area contributed by atoms with Crippen LogP contribution < -0.4 is 0 Å². The second-order valence-corrected chi connectivity index (χ2v) is 7.04. The lowest BCUT2D eigenvalue weighted by Gasteiger charge is -2.14. The molecule has 4 nitrogen and oxygen atoms in total. The van der Waals surface area contributed by atoms with Crippen LogP contribution in [0.4, 0.5) is 0 Å². The number of aliphatic carboxylic acids is 1. The zero-order valence-electron chi connectivity index (χ0n) is 12.5. The summed E-state index contributed by atoms with van der Waals surface area (Å²) in [4.78, 5) is 15.5. The van der Waals surface area contributed by atoms with Crippen LogP contribution in [0.15, 0.2) is 23.4 Å². The fraction of sp³-hybridized carbons (Fsp3) is 0.467. The third kappa shape index (κ3) is 3.95. The molecule has 0 saturated heterocycles. The lowest BCUT2D eigenvalue weighted by molar-refractivity contribution is -0.133. The van der Waals surface area contributed by atoms with Gasteiger partial charge in [-0.05, 0) is 36.5 Å². The molecule has 2 aromatic rings. The summed E-state index contributed by atoms with van der Waals surface area (Å²) in [5.74, 6) is 0.822. The third-order valence-corrected chi connectivity index (χ3v) is 5.08. The molecule has 0 saturated carbocycles. The first-order valence-corrected chi connectivity index (χ1v) is 9.20. The molecule has 6 heteroatoms. The Kier molecular flexibility index (Phi) is 5.58. The number of carboxylic acids is 1. The Morgan fingerprint density at radius 3 is 2.90 bits per heavy atom. The highest BCUT2D eigenvalue weighted by Crippen LogP contribution is 2.27. The van der Waals surface area contributed by atoms with E-state index in [2.05, 4.69) is 28.8 Å². The fourth-order valence-corrected chi connectivity index (χ4v) is 3.74. The predicted octanol–water partition coefficient (Wildman–Crippen LogP) is 3.52. The van der Waals surface area contributed by atoms with E-state index in [0.29, 0.717) is 5.92 Å². The summed E-state index contributed by atoms with van der Waals surface area (Å²) in [5.41, 5.74) is 3.19. The van der Waals surface area contributed by atoms with Gasteiger partial charge in [0.15, 0.2) is 5.16 Å². The molecule has 0 aliphatic rings. The maximum atomic E-state index is 10.8. The number of nitrogens with zero attached hydrogens (tertiary/aromatic N) is 2. The van der Waals surface area contributed by atoms with Gasteiger partial charge in [0.1, 0.15) is 0 Å². The second kappa shape index (κ2) is 7.22. The number of aromatic nitrogens is 2. The monoisotopic (exact) mass is 324 g/mol. The Bertz CT molecular complexity index is 640. The van der Waals surface area contributed by atoms with Gasteiger partial charge in [0, 0.05) is 6.54 Å². The van der Waals surface area contributed by atoms with Crippen LogP contribution in [0, 0.1) is 12.8 Å². The highest BCUT2D eigenvalue weighted by Gasteiger charge is 2.15. The van der Waals surface area contributed by atoms with Crippen molar-refractivity contribution >= 4 is 40.5 Å². The molecule has 0 spiro atoms. The lowest BCUT2D eigenvalue weighted by Crippen LogP contribution is -2.11. The standard InChI is InChI=1S/C15H20N2O2S2/c1-10(8-20-3)7-17-12-6-4-5-11(2)14(12)16-15(17)21-9-13(18)19/h4-6,10H,7-9H2,1-3H3,(H,18,19). The van der Waals surface area contributed by atoms with Gasteiger partial charge in [-0.3, -0.25) is 4.79 Å². The number of benzene rings is 1. The van der Waals surface area contributed by atoms with Crippen LogP contribution >= 0.6 is 23.5 Å². The van der Waals surface area contributed by atoms with Crippen molar-refractivity contribution in [3.8, 4) is 0 Å². The minimum atomic E-state index is -0.813. The number of hydrogen-bond donors (Lipinski definition) is 1. The van der Waals surface area contributed by atoms with E-state index >= 15 is 0 Å². The van der Waals surface area contributed by atoms with Crippen molar-refractivity contribution in [2.45, 2.75) is 25.5 Å². The first-order valence-electron chi connectivity index (χ1n) is 6.82. The molecule has 0 amide bonds. The van der Waals surface area contributed by atoms with Crippen molar-refractivity contribution in [3.63, 3.8) is 0 Å². The van der Waals surface area contributed by atoms with Gasteiger partial charge in [0.25, 0.3) is 0 Å². The Labute approximate surface area is 133 Å². The Morgan fingerprint density at radius 2 is 2.24 bits per heavy atom. The summed E-state index contributed by atoms with van der Waals surface area (Å²) in [5, 5.41) is 9.70. The summed E-state index contributed by atoms with van der Waals surface area (Å²) in [6.45, 7) is 5.11. The van der Waals surface area contributed by atoms with Crippen molar-refractivity contribution in [3.05, 3.63) is 23.8 Å². The number of rotatable bonds is 7. The third-order valence-electron chi connectivity index (χ3n) is 3.22. The summed E-state index contributed by atoms with van der Waals surface area (Å²) < 4.78 is 2.16. The number of aryl methyl sites for hydroxylation is 1. The molecule has 0 aliphatic carbocycles. The van der Waals surface area contributed by atoms with Crippen LogP contribution in [-0.4, -0.2) is 38.4 Å². The fourth-order valence-electron chi connectivity index (χ4n) is 2.33. The average Bonchev–Trinajstić information content (AvgIpc) is 2.76. The highest BCUT2D eigenvalue weighted by molar-refractivity contribution is 7.99. The van der Waals surface area contributed by atoms with E-state index in [1.807, 2.05) is 30.8 Å². The van der Waals surface area contributed by atoms with Crippen molar-refractivity contribution in [1.82, 2.24) is 9.55 Å². The van der Waals surface area contributed by atoms with Gasteiger partial charge < -0.3 is 9.67 Å². The van der Waals surface area contributed by atoms with Crippen molar-refractivity contribution in [1.29, 1.82) is 0 Å². The number of fused-ring (bicyclic) bond motifs is 1. The van der Waals surface area contributed by atoms with Gasteiger partial charge >= 0.3 is 5.97 Å². The number of para-hydroxylation sites is 1. The van der Waals surface area contributed by atoms with Gasteiger partial charge in [0.05, 0.1) is 16.8 Å². The van der Waals surface area contributed by atoms with Gasteiger partial charge in [-0.15, -0.1) is 0 Å². The van der Waals surface area contributed by atoms with Gasteiger partial charge in [0.2, 0.25) is 0 Å². The molecule has 1 N–H and O–H groups in total. The first-order chi connectivity index (χ1) is 10.0. The van der Waals surface area contributed by atoms with Gasteiger partial charge in [-0.25, -0.2) is 4.98 Å². The summed E-state index contributed by atoms with van der Waals surface area (Å²) in [6, 6.07) is 6.13. The molecule has 1 aromatic carbocycles. The molecule has 0 radical (unpaired) electrons. The van der Waals surface area contributed by atoms with E-state index in [1.165, 1.54) is 11.8 Å². The molecule has 1 atom stereocenters. The van der Waals surface area contributed by atoms with Gasteiger partial charge in [-0.1, -0.05) is 30.8 Å². The number of carbonyl (C=O) groups is 1. The highest BCUT2D eigenvalue weighted by atomic mass is 32.2. The molecule has 1 unspecified atom stereocenters. The molecule has 1 aromatic heterocycles. The lowest BCUT2D eigenvalue weighted by atomic mass is 10.2. The predicted molar refractivity (Wildman–Crippen MR) is 90.4 cm³/mol. The number of carboxylic acid groups (broad SMARTS) is 1. The molecular weight excluding hydrogens is 304 g/mol. The summed E-state index contributed by atoms with van der Waals surface area (Å²) in [7, 11) is 0. The maximum absolute atomic E-state index is 10.8. The molecule has 0 bridgehead atoms. The van der Waals surface area contributed by atoms with E-state index in [1.54, 1.807) is 0 Å². The van der Waals surface area contributed by atoms with Crippen LogP contribution in [0.3, 0.4) is 0 Å². The SMILES string of the molecule is CSCC(C)Cn1c(SCC(=O)O)nc2c(C)cccc21. The molecule has 2 rings (SSSR count). The van der Waals surface area contributed by atoms with E-state index in [9.17, 15) is 4.79 Å². The number of thioether (sulfide) groups is 2. The zero-order valence-corrected chi connectivity index (χ0v) is 14.1. The first kappa shape index (κ1) is 16.2. The van der Waals surface area contributed by atoms with Crippen LogP contribution in [0.2, 0.25) is 0 Å². The quantitative estimate of drug-likeness (QED) is 0.790. The zero-order chi connectivity index (χ0) is 15.4. The summed E-state index contributed by atoms with van der Waals surface area (Å²) in [6.07, 6.45) is 2.10. The minimum absolute atomic E-state index is 0.0410. The smallest absolute Gasteiger partial charge is 0.313 e. The molecule has 114 valence electrons. The molecule has 0 aliphatic heterocycles. The van der Waals surface area contributed by atoms with Crippen LogP contribution in [-0.2, 0) is 11.3 Å². The molecule has 21 heavy (non-hydrogen) atoms. The van der Waals surface area contributed by atoms with Crippen LogP contribution in [0.25, 0.3) is 11.0 Å². The minimum Gasteiger partial charge on any atom is -0.481 e. The second-order valence-electron chi connectivity index (χ2n) is 5.19. The molecule has 1 heterocycles. The number of hydrogen-bond acceptors (Lipinski definition) is 4. The normalized spacial score (nSPS) is 12.7. The number of imidazole rings is 1. The Balaban J connectivity index is 2.39. The topological polar surface area (TPSA) is 55.1 Å². The molecular formula is C15H20N2O2S2. The Hall–Kier alpha value is -1.14. The van der Waals surface area contributed by atoms with Crippen molar-refractivity contribution < 1.29 is 9.90 Å². The largest absolute Gasteiger partial charge is 0.481 e. The van der Waals surface area contributed by atoms with Crippen LogP contribution in [0.1, 0.15) is 12.5 Å². The average molecular weight is 324 g/mol. The van der Waals surface area contributed by atoms with E-state index in [0.717, 1.165) is 34.1 Å². The maximum Gasteiger partial charge on any atom is 0.313 e. The van der Waals surface area contributed by atoms with Gasteiger partial charge in [-0.2, -0.15) is 11.8 Å². The van der Waals surface area contributed by atoms with Crippen molar-refractivity contribution in [2.24, 2.45) is 5.92 Å². The van der Waals surface area contributed by atoms with E-state index in [-0.39, 0.29) is 5.75 Å². The summed E-state index contributed by atoms with van der Waals surface area (Å²) >= 11 is 3.12. The molecule has 0 fully saturated rings. The van der Waals surface area contributed by atoms with E-state index in [4.69, 9.17) is 5.11 Å². The van der Waals surface area contributed by atoms with Crippen LogP contribution in [0.5, 0.6) is 0 Å². The van der Waals surface area contributed by atoms with Crippen molar-refractivity contribution in [2.75, 3.05) is 17.8 Å². The Morgan fingerprint density at radius 1 is 1.48 bits per heavy atom. The van der Waals surface area contributed by atoms with E-state index < -0.39 is 5.97 Å².